The van der Waals surface area contributed by atoms with Gasteiger partial charge in [0.1, 0.15) is 11.5 Å². The minimum Gasteiger partial charge on any atom is -0.492 e. The molecule has 1 amide bonds. The largest absolute Gasteiger partial charge is 0.492 e. The molecule has 0 bridgehead atoms. The van der Waals surface area contributed by atoms with Crippen LogP contribution in [0, 0.1) is 0 Å². The summed E-state index contributed by atoms with van der Waals surface area (Å²) in [6.07, 6.45) is 0. The summed E-state index contributed by atoms with van der Waals surface area (Å²) in [6.45, 7) is 3.91. The fourth-order valence-corrected chi connectivity index (χ4v) is 4.24. The zero-order valence-corrected chi connectivity index (χ0v) is 18.8. The zero-order valence-electron chi connectivity index (χ0n) is 17.9. The second-order valence-corrected chi connectivity index (χ2v) is 8.71. The molecule has 0 saturated carbocycles. The Morgan fingerprint density at radius 3 is 2.25 bits per heavy atom. The molecule has 8 heteroatoms. The van der Waals surface area contributed by atoms with Crippen LogP contribution in [-0.4, -0.2) is 27.5 Å². The van der Waals surface area contributed by atoms with E-state index in [1.54, 1.807) is 25.1 Å². The number of sulfonamides is 1. The van der Waals surface area contributed by atoms with E-state index in [2.05, 4.69) is 10.0 Å². The van der Waals surface area contributed by atoms with E-state index < -0.39 is 10.0 Å². The minimum atomic E-state index is -3.71. The Hall–Kier alpha value is -3.36. The van der Waals surface area contributed by atoms with Gasteiger partial charge < -0.3 is 14.8 Å². The van der Waals surface area contributed by atoms with Crippen LogP contribution in [0.25, 0.3) is 0 Å². The summed E-state index contributed by atoms with van der Waals surface area (Å²) in [5, 5.41) is 2.74. The molecule has 0 aliphatic heterocycles. The molecule has 32 heavy (non-hydrogen) atoms. The van der Waals surface area contributed by atoms with E-state index in [1.165, 1.54) is 24.3 Å². The van der Waals surface area contributed by atoms with Crippen LogP contribution >= 0.6 is 0 Å². The average molecular weight is 455 g/mol. The Labute approximate surface area is 188 Å². The van der Waals surface area contributed by atoms with Crippen LogP contribution in [0.1, 0.15) is 25.5 Å². The van der Waals surface area contributed by atoms with Crippen molar-refractivity contribution in [2.45, 2.75) is 24.8 Å². The molecule has 0 heterocycles. The molecular formula is C24H26N2O5S. The van der Waals surface area contributed by atoms with Crippen molar-refractivity contribution in [2.24, 2.45) is 0 Å². The molecule has 1 atom stereocenters. The third kappa shape index (κ3) is 6.32. The smallest absolute Gasteiger partial charge is 0.262 e. The third-order valence-corrected chi connectivity index (χ3v) is 6.15. The maximum absolute atomic E-state index is 12.7. The van der Waals surface area contributed by atoms with Crippen molar-refractivity contribution in [3.8, 4) is 11.5 Å². The van der Waals surface area contributed by atoms with Gasteiger partial charge in [-0.05, 0) is 55.8 Å². The number of hydrogen-bond donors (Lipinski definition) is 2. The fourth-order valence-electron chi connectivity index (χ4n) is 3.01. The van der Waals surface area contributed by atoms with Gasteiger partial charge in [0, 0.05) is 6.04 Å². The lowest BCUT2D eigenvalue weighted by Crippen LogP contribution is -2.26. The maximum Gasteiger partial charge on any atom is 0.262 e. The summed E-state index contributed by atoms with van der Waals surface area (Å²) < 4.78 is 38.9. The number of para-hydroxylation sites is 2. The molecule has 0 fully saturated rings. The first kappa shape index (κ1) is 23.3. The van der Waals surface area contributed by atoms with Crippen LogP contribution in [0.5, 0.6) is 11.5 Å². The number of amides is 1. The highest BCUT2D eigenvalue weighted by molar-refractivity contribution is 7.89. The molecule has 3 aromatic carbocycles. The Morgan fingerprint density at radius 2 is 1.56 bits per heavy atom. The molecule has 1 unspecified atom stereocenters. The van der Waals surface area contributed by atoms with Gasteiger partial charge in [0.05, 0.1) is 17.2 Å². The molecule has 7 nitrogen and oxygen atoms in total. The topological polar surface area (TPSA) is 93.7 Å². The first-order chi connectivity index (χ1) is 15.4. The molecule has 0 spiro atoms. The molecule has 0 aliphatic rings. The summed E-state index contributed by atoms with van der Waals surface area (Å²) in [5.41, 5.74) is 1.43. The van der Waals surface area contributed by atoms with Crippen molar-refractivity contribution in [2.75, 3.05) is 18.5 Å². The van der Waals surface area contributed by atoms with E-state index in [4.69, 9.17) is 9.47 Å². The normalized spacial score (nSPS) is 12.1. The van der Waals surface area contributed by atoms with E-state index in [0.29, 0.717) is 23.8 Å². The molecule has 0 aliphatic carbocycles. The molecule has 2 N–H and O–H groups in total. The Morgan fingerprint density at radius 1 is 0.906 bits per heavy atom. The number of anilines is 1. The first-order valence-electron chi connectivity index (χ1n) is 10.2. The quantitative estimate of drug-likeness (QED) is 0.480. The average Bonchev–Trinajstić information content (AvgIpc) is 2.80. The number of hydrogen-bond acceptors (Lipinski definition) is 5. The Bertz CT molecular complexity index is 1130. The second kappa shape index (κ2) is 10.8. The van der Waals surface area contributed by atoms with Crippen molar-refractivity contribution in [3.63, 3.8) is 0 Å². The van der Waals surface area contributed by atoms with Crippen molar-refractivity contribution >= 4 is 21.6 Å². The number of benzene rings is 3. The van der Waals surface area contributed by atoms with Gasteiger partial charge in [-0.15, -0.1) is 0 Å². The van der Waals surface area contributed by atoms with Crippen molar-refractivity contribution in [1.29, 1.82) is 0 Å². The number of carbonyl (C=O) groups is 1. The van der Waals surface area contributed by atoms with Crippen LogP contribution in [0.15, 0.2) is 83.8 Å². The molecule has 0 saturated heterocycles. The summed E-state index contributed by atoms with van der Waals surface area (Å²) in [5.74, 6) is 0.607. The summed E-state index contributed by atoms with van der Waals surface area (Å²) in [6, 6.07) is 22.0. The van der Waals surface area contributed by atoms with Crippen LogP contribution in [0.3, 0.4) is 0 Å². The lowest BCUT2D eigenvalue weighted by atomic mass is 10.1. The van der Waals surface area contributed by atoms with Gasteiger partial charge in [-0.3, -0.25) is 4.79 Å². The number of rotatable bonds is 10. The van der Waals surface area contributed by atoms with Crippen molar-refractivity contribution in [1.82, 2.24) is 4.72 Å². The fraction of sp³-hybridized carbons (Fsp3) is 0.208. The van der Waals surface area contributed by atoms with Gasteiger partial charge in [0.15, 0.2) is 6.61 Å². The molecule has 0 aromatic heterocycles. The molecule has 3 aromatic rings. The van der Waals surface area contributed by atoms with E-state index in [9.17, 15) is 13.2 Å². The lowest BCUT2D eigenvalue weighted by molar-refractivity contribution is -0.118. The van der Waals surface area contributed by atoms with Gasteiger partial charge in [0.2, 0.25) is 10.0 Å². The third-order valence-electron chi connectivity index (χ3n) is 4.60. The number of carbonyl (C=O) groups excluding carboxylic acids is 1. The first-order valence-corrected chi connectivity index (χ1v) is 11.7. The van der Waals surface area contributed by atoms with Crippen LogP contribution in [-0.2, 0) is 14.8 Å². The number of nitrogens with one attached hydrogen (secondary N) is 2. The monoisotopic (exact) mass is 454 g/mol. The van der Waals surface area contributed by atoms with Gasteiger partial charge in [-0.2, -0.15) is 0 Å². The van der Waals surface area contributed by atoms with Gasteiger partial charge >= 0.3 is 0 Å². The Kier molecular flexibility index (Phi) is 7.86. The Balaban J connectivity index is 1.57. The van der Waals surface area contributed by atoms with Gasteiger partial charge in [0.25, 0.3) is 5.91 Å². The van der Waals surface area contributed by atoms with Crippen molar-refractivity contribution in [3.05, 3.63) is 84.4 Å². The van der Waals surface area contributed by atoms with Crippen LogP contribution in [0.2, 0.25) is 0 Å². The standard InChI is InChI=1S/C24H26N2O5S/c1-3-30-23-12-8-7-11-22(23)25-24(27)17-31-20-13-15-21(16-14-20)32(28,29)26-18(2)19-9-5-4-6-10-19/h4-16,18,26H,3,17H2,1-2H3,(H,25,27). The molecular weight excluding hydrogens is 428 g/mol. The SMILES string of the molecule is CCOc1ccccc1NC(=O)COc1ccc(S(=O)(=O)NC(C)c2ccccc2)cc1. The molecule has 0 radical (unpaired) electrons. The van der Waals surface area contributed by atoms with Gasteiger partial charge in [-0.1, -0.05) is 42.5 Å². The summed E-state index contributed by atoms with van der Waals surface area (Å²) in [7, 11) is -3.71. The predicted octanol–water partition coefficient (Wildman–Crippen LogP) is 4.14. The van der Waals surface area contributed by atoms with E-state index in [1.807, 2.05) is 43.3 Å². The van der Waals surface area contributed by atoms with E-state index >= 15 is 0 Å². The predicted molar refractivity (Wildman–Crippen MR) is 123 cm³/mol. The zero-order chi connectivity index (χ0) is 23.0. The van der Waals surface area contributed by atoms with Crippen molar-refractivity contribution < 1.29 is 22.7 Å². The van der Waals surface area contributed by atoms with E-state index in [0.717, 1.165) is 5.56 Å². The molecule has 3 rings (SSSR count). The minimum absolute atomic E-state index is 0.114. The maximum atomic E-state index is 12.7. The van der Waals surface area contributed by atoms with Crippen LogP contribution in [0.4, 0.5) is 5.69 Å². The van der Waals surface area contributed by atoms with Gasteiger partial charge in [-0.25, -0.2) is 13.1 Å². The number of ether oxygens (including phenoxy) is 2. The molecule has 168 valence electrons. The highest BCUT2D eigenvalue weighted by Gasteiger charge is 2.18. The van der Waals surface area contributed by atoms with E-state index in [-0.39, 0.29) is 23.5 Å². The highest BCUT2D eigenvalue weighted by Crippen LogP contribution is 2.24. The van der Waals surface area contributed by atoms with Crippen LogP contribution < -0.4 is 19.5 Å². The summed E-state index contributed by atoms with van der Waals surface area (Å²) in [4.78, 5) is 12.3. The highest BCUT2D eigenvalue weighted by atomic mass is 32.2. The summed E-state index contributed by atoms with van der Waals surface area (Å²) >= 11 is 0. The second-order valence-electron chi connectivity index (χ2n) is 6.99. The lowest BCUT2D eigenvalue weighted by Gasteiger charge is -2.15.